The number of hydrogen-bond donors (Lipinski definition) is 2. The SMILES string of the molecule is Cc1ccc(NC(=O)C(CN)CC(C)(C)C)c(C)c1. The number of anilines is 1. The molecule has 0 aromatic heterocycles. The fraction of sp³-hybridized carbons (Fsp3) is 0.562. The van der Waals surface area contributed by atoms with E-state index in [0.29, 0.717) is 6.54 Å². The van der Waals surface area contributed by atoms with E-state index >= 15 is 0 Å². The first-order chi connectivity index (χ1) is 8.73. The van der Waals surface area contributed by atoms with Crippen molar-refractivity contribution in [3.05, 3.63) is 29.3 Å². The van der Waals surface area contributed by atoms with Crippen LogP contribution in [0.2, 0.25) is 0 Å². The minimum Gasteiger partial charge on any atom is -0.330 e. The Morgan fingerprint density at radius 1 is 1.32 bits per heavy atom. The minimum absolute atomic E-state index is 0.0179. The van der Waals surface area contributed by atoms with Crippen LogP contribution in [-0.2, 0) is 4.79 Å². The molecular weight excluding hydrogens is 236 g/mol. The molecule has 1 unspecified atom stereocenters. The van der Waals surface area contributed by atoms with Gasteiger partial charge in [-0.2, -0.15) is 0 Å². The van der Waals surface area contributed by atoms with Crippen molar-refractivity contribution in [2.45, 2.75) is 41.0 Å². The molecule has 1 aromatic carbocycles. The summed E-state index contributed by atoms with van der Waals surface area (Å²) in [6.45, 7) is 10.8. The van der Waals surface area contributed by atoms with Gasteiger partial charge in [0.25, 0.3) is 0 Å². The summed E-state index contributed by atoms with van der Waals surface area (Å²) < 4.78 is 0. The average Bonchev–Trinajstić information content (AvgIpc) is 2.28. The first-order valence-corrected chi connectivity index (χ1v) is 6.81. The van der Waals surface area contributed by atoms with E-state index in [1.807, 2.05) is 26.0 Å². The van der Waals surface area contributed by atoms with Crippen molar-refractivity contribution in [1.29, 1.82) is 0 Å². The Bertz CT molecular complexity index is 447. The molecule has 0 radical (unpaired) electrons. The molecule has 1 amide bonds. The molecule has 106 valence electrons. The van der Waals surface area contributed by atoms with Crippen LogP contribution in [0.25, 0.3) is 0 Å². The highest BCUT2D eigenvalue weighted by molar-refractivity contribution is 5.93. The van der Waals surface area contributed by atoms with Crippen molar-refractivity contribution in [3.8, 4) is 0 Å². The third-order valence-electron chi connectivity index (χ3n) is 3.15. The lowest BCUT2D eigenvalue weighted by Gasteiger charge is -2.24. The summed E-state index contributed by atoms with van der Waals surface area (Å²) in [4.78, 5) is 12.3. The van der Waals surface area contributed by atoms with Gasteiger partial charge in [0.05, 0.1) is 5.92 Å². The summed E-state index contributed by atoms with van der Waals surface area (Å²) in [7, 11) is 0. The van der Waals surface area contributed by atoms with E-state index in [0.717, 1.165) is 17.7 Å². The predicted molar refractivity (Wildman–Crippen MR) is 81.2 cm³/mol. The standard InChI is InChI=1S/C16H26N2O/c1-11-6-7-14(12(2)8-11)18-15(19)13(10-17)9-16(3,4)5/h6-8,13H,9-10,17H2,1-5H3,(H,18,19). The van der Waals surface area contributed by atoms with Crippen LogP contribution < -0.4 is 11.1 Å². The van der Waals surface area contributed by atoms with Crippen LogP contribution in [0, 0.1) is 25.2 Å². The summed E-state index contributed by atoms with van der Waals surface area (Å²) in [6, 6.07) is 6.02. The van der Waals surface area contributed by atoms with Crippen LogP contribution in [0.1, 0.15) is 38.3 Å². The number of carbonyl (C=O) groups is 1. The highest BCUT2D eigenvalue weighted by Gasteiger charge is 2.24. The number of nitrogens with one attached hydrogen (secondary N) is 1. The average molecular weight is 262 g/mol. The quantitative estimate of drug-likeness (QED) is 0.875. The summed E-state index contributed by atoms with van der Waals surface area (Å²) in [6.07, 6.45) is 0.792. The minimum atomic E-state index is -0.138. The van der Waals surface area contributed by atoms with E-state index < -0.39 is 0 Å². The normalized spacial score (nSPS) is 13.2. The maximum absolute atomic E-state index is 12.3. The van der Waals surface area contributed by atoms with E-state index in [2.05, 4.69) is 32.2 Å². The lowest BCUT2D eigenvalue weighted by molar-refractivity contribution is -0.120. The van der Waals surface area contributed by atoms with Crippen LogP contribution in [0.3, 0.4) is 0 Å². The van der Waals surface area contributed by atoms with Crippen LogP contribution in [0.5, 0.6) is 0 Å². The molecule has 0 spiro atoms. The largest absolute Gasteiger partial charge is 0.330 e. The number of nitrogens with two attached hydrogens (primary N) is 1. The second kappa shape index (κ2) is 6.20. The predicted octanol–water partition coefficient (Wildman–Crippen LogP) is 3.25. The summed E-state index contributed by atoms with van der Waals surface area (Å²) >= 11 is 0. The van der Waals surface area contributed by atoms with Crippen LogP contribution in [0.15, 0.2) is 18.2 Å². The molecule has 0 saturated heterocycles. The Labute approximate surface area is 116 Å². The number of benzene rings is 1. The molecular formula is C16H26N2O. The Balaban J connectivity index is 2.77. The van der Waals surface area contributed by atoms with Gasteiger partial charge in [-0.3, -0.25) is 4.79 Å². The Hall–Kier alpha value is -1.35. The van der Waals surface area contributed by atoms with Gasteiger partial charge in [-0.15, -0.1) is 0 Å². The molecule has 0 saturated carbocycles. The molecule has 1 atom stereocenters. The fourth-order valence-electron chi connectivity index (χ4n) is 2.21. The van der Waals surface area contributed by atoms with Gasteiger partial charge in [-0.25, -0.2) is 0 Å². The van der Waals surface area contributed by atoms with Gasteiger partial charge < -0.3 is 11.1 Å². The van der Waals surface area contributed by atoms with Crippen molar-refractivity contribution in [1.82, 2.24) is 0 Å². The van der Waals surface area contributed by atoms with Gasteiger partial charge in [0, 0.05) is 12.2 Å². The highest BCUT2D eigenvalue weighted by atomic mass is 16.1. The lowest BCUT2D eigenvalue weighted by atomic mass is 9.84. The van der Waals surface area contributed by atoms with E-state index in [4.69, 9.17) is 5.73 Å². The van der Waals surface area contributed by atoms with Gasteiger partial charge in [-0.1, -0.05) is 38.5 Å². The Morgan fingerprint density at radius 2 is 1.95 bits per heavy atom. The van der Waals surface area contributed by atoms with Crippen molar-refractivity contribution >= 4 is 11.6 Å². The summed E-state index contributed by atoms with van der Waals surface area (Å²) in [5.41, 5.74) is 8.99. The van der Waals surface area contributed by atoms with Crippen molar-refractivity contribution < 1.29 is 4.79 Å². The molecule has 0 heterocycles. The second-order valence-electron chi connectivity index (χ2n) is 6.51. The summed E-state index contributed by atoms with van der Waals surface area (Å²) in [5.74, 6) is -0.120. The van der Waals surface area contributed by atoms with Gasteiger partial charge in [-0.05, 0) is 37.3 Å². The first-order valence-electron chi connectivity index (χ1n) is 6.81. The van der Waals surface area contributed by atoms with Gasteiger partial charge >= 0.3 is 0 Å². The maximum atomic E-state index is 12.3. The number of hydrogen-bond acceptors (Lipinski definition) is 2. The molecule has 19 heavy (non-hydrogen) atoms. The number of carbonyl (C=O) groups excluding carboxylic acids is 1. The van der Waals surface area contributed by atoms with E-state index in [1.165, 1.54) is 5.56 Å². The molecule has 1 rings (SSSR count). The second-order valence-corrected chi connectivity index (χ2v) is 6.51. The monoisotopic (exact) mass is 262 g/mol. The number of rotatable bonds is 4. The molecule has 0 bridgehead atoms. The lowest BCUT2D eigenvalue weighted by Crippen LogP contribution is -2.32. The van der Waals surface area contributed by atoms with Crippen molar-refractivity contribution in [3.63, 3.8) is 0 Å². The van der Waals surface area contributed by atoms with Crippen LogP contribution >= 0.6 is 0 Å². The van der Waals surface area contributed by atoms with Crippen molar-refractivity contribution in [2.24, 2.45) is 17.1 Å². The third-order valence-corrected chi connectivity index (χ3v) is 3.15. The smallest absolute Gasteiger partial charge is 0.228 e. The van der Waals surface area contributed by atoms with Crippen LogP contribution in [-0.4, -0.2) is 12.5 Å². The van der Waals surface area contributed by atoms with Gasteiger partial charge in [0.2, 0.25) is 5.91 Å². The molecule has 1 aromatic rings. The molecule has 0 fully saturated rings. The van der Waals surface area contributed by atoms with Crippen molar-refractivity contribution in [2.75, 3.05) is 11.9 Å². The number of aryl methyl sites for hydroxylation is 2. The zero-order chi connectivity index (χ0) is 14.6. The molecule has 3 N–H and O–H groups in total. The van der Waals surface area contributed by atoms with Crippen LogP contribution in [0.4, 0.5) is 5.69 Å². The molecule has 0 aliphatic heterocycles. The molecule has 3 heteroatoms. The molecule has 0 aliphatic rings. The topological polar surface area (TPSA) is 55.1 Å². The Kier molecular flexibility index (Phi) is 5.12. The third kappa shape index (κ3) is 5.03. The zero-order valence-corrected chi connectivity index (χ0v) is 12.7. The number of amides is 1. The zero-order valence-electron chi connectivity index (χ0n) is 12.7. The van der Waals surface area contributed by atoms with E-state index in [-0.39, 0.29) is 17.2 Å². The Morgan fingerprint density at radius 3 is 2.42 bits per heavy atom. The summed E-state index contributed by atoms with van der Waals surface area (Å²) in [5, 5.41) is 2.99. The molecule has 3 nitrogen and oxygen atoms in total. The van der Waals surface area contributed by atoms with E-state index in [1.54, 1.807) is 0 Å². The fourth-order valence-corrected chi connectivity index (χ4v) is 2.21. The molecule has 0 aliphatic carbocycles. The highest BCUT2D eigenvalue weighted by Crippen LogP contribution is 2.25. The van der Waals surface area contributed by atoms with E-state index in [9.17, 15) is 4.79 Å². The maximum Gasteiger partial charge on any atom is 0.228 e. The van der Waals surface area contributed by atoms with Gasteiger partial charge in [0.15, 0.2) is 0 Å². The van der Waals surface area contributed by atoms with Gasteiger partial charge in [0.1, 0.15) is 0 Å². The first kappa shape index (κ1) is 15.7.